The molecule has 1 atom stereocenters. The molecule has 0 amide bonds. The molecule has 3 aromatic heterocycles. The van der Waals surface area contributed by atoms with Gasteiger partial charge in [0.1, 0.15) is 10.0 Å². The highest BCUT2D eigenvalue weighted by Gasteiger charge is 2.29. The summed E-state index contributed by atoms with van der Waals surface area (Å²) in [5.74, 6) is 0.547. The second-order valence-electron chi connectivity index (χ2n) is 6.85. The highest BCUT2D eigenvalue weighted by Crippen LogP contribution is 2.41. The zero-order chi connectivity index (χ0) is 16.8. The number of likely N-dealkylation sites (tertiary alicyclic amines) is 1. The van der Waals surface area contributed by atoms with E-state index in [9.17, 15) is 4.79 Å². The van der Waals surface area contributed by atoms with E-state index in [2.05, 4.69) is 15.0 Å². The highest BCUT2D eigenvalue weighted by molar-refractivity contribution is 7.16. The van der Waals surface area contributed by atoms with E-state index in [-0.39, 0.29) is 5.56 Å². The van der Waals surface area contributed by atoms with Crippen LogP contribution >= 0.6 is 22.7 Å². The molecule has 0 spiro atoms. The number of hydrogen-bond donors (Lipinski definition) is 0. The number of hydrogen-bond acceptors (Lipinski definition) is 7. The molecular formula is C17H19N5OS2. The van der Waals surface area contributed by atoms with Crippen LogP contribution < -0.4 is 5.56 Å². The largest absolute Gasteiger partial charge is 0.288 e. The number of fused-ring (bicyclic) bond motifs is 1. The zero-order valence-corrected chi connectivity index (χ0v) is 15.4. The topological polar surface area (TPSA) is 63.4 Å². The van der Waals surface area contributed by atoms with Crippen LogP contribution in [0.4, 0.5) is 0 Å². The van der Waals surface area contributed by atoms with Gasteiger partial charge in [0, 0.05) is 30.1 Å². The number of nitrogens with zero attached hydrogens (tertiary/aromatic N) is 5. The van der Waals surface area contributed by atoms with Crippen LogP contribution in [0.1, 0.15) is 59.8 Å². The Labute approximate surface area is 153 Å². The predicted octanol–water partition coefficient (Wildman–Crippen LogP) is 3.21. The quantitative estimate of drug-likeness (QED) is 0.703. The van der Waals surface area contributed by atoms with E-state index in [4.69, 9.17) is 4.98 Å². The first-order chi connectivity index (χ1) is 12.3. The summed E-state index contributed by atoms with van der Waals surface area (Å²) in [6.07, 6.45) is 7.79. The van der Waals surface area contributed by atoms with Crippen molar-refractivity contribution in [1.82, 2.24) is 24.5 Å². The van der Waals surface area contributed by atoms with E-state index < -0.39 is 0 Å². The van der Waals surface area contributed by atoms with Gasteiger partial charge in [-0.2, -0.15) is 9.61 Å². The minimum atomic E-state index is -0.0639. The molecule has 1 saturated carbocycles. The second-order valence-corrected chi connectivity index (χ2v) is 8.76. The van der Waals surface area contributed by atoms with Crippen LogP contribution in [0, 0.1) is 0 Å². The van der Waals surface area contributed by atoms with Gasteiger partial charge in [-0.05, 0) is 32.2 Å². The van der Waals surface area contributed by atoms with E-state index in [1.807, 2.05) is 11.6 Å². The zero-order valence-electron chi connectivity index (χ0n) is 13.8. The van der Waals surface area contributed by atoms with Crippen LogP contribution in [0.3, 0.4) is 0 Å². The summed E-state index contributed by atoms with van der Waals surface area (Å²) in [6, 6.07) is 1.99. The average Bonchev–Trinajstić information content (AvgIpc) is 3.15. The minimum absolute atomic E-state index is 0.0639. The van der Waals surface area contributed by atoms with Gasteiger partial charge in [0.15, 0.2) is 0 Å². The van der Waals surface area contributed by atoms with Gasteiger partial charge in [-0.25, -0.2) is 9.97 Å². The van der Waals surface area contributed by atoms with E-state index in [1.54, 1.807) is 28.7 Å². The lowest BCUT2D eigenvalue weighted by Crippen LogP contribution is -2.33. The molecule has 0 N–H and O–H groups in total. The minimum Gasteiger partial charge on any atom is -0.288 e. The molecule has 2 aliphatic rings. The van der Waals surface area contributed by atoms with Crippen molar-refractivity contribution in [2.75, 3.05) is 6.54 Å². The molecule has 2 fully saturated rings. The van der Waals surface area contributed by atoms with Crippen molar-refractivity contribution in [3.05, 3.63) is 43.7 Å². The third-order valence-electron chi connectivity index (χ3n) is 4.96. The molecule has 0 bridgehead atoms. The maximum atomic E-state index is 12.4. The third kappa shape index (κ3) is 3.02. The Morgan fingerprint density at radius 1 is 1.20 bits per heavy atom. The molecule has 1 saturated heterocycles. The van der Waals surface area contributed by atoms with Gasteiger partial charge in [-0.3, -0.25) is 9.69 Å². The fraction of sp³-hybridized carbons (Fsp3) is 0.529. The van der Waals surface area contributed by atoms with Gasteiger partial charge in [0.05, 0.1) is 11.7 Å². The first-order valence-electron chi connectivity index (χ1n) is 8.81. The van der Waals surface area contributed by atoms with E-state index in [0.717, 1.165) is 28.6 Å². The normalized spacial score (nSPS) is 21.8. The lowest BCUT2D eigenvalue weighted by molar-refractivity contribution is 0.138. The number of piperidine rings is 1. The first kappa shape index (κ1) is 15.6. The Morgan fingerprint density at radius 3 is 2.92 bits per heavy atom. The number of rotatable bonds is 4. The summed E-state index contributed by atoms with van der Waals surface area (Å²) in [4.78, 5) is 24.8. The Kier molecular flexibility index (Phi) is 3.91. The lowest BCUT2D eigenvalue weighted by atomic mass is 10.0. The molecule has 0 aromatic carbocycles. The molecule has 1 aliphatic heterocycles. The van der Waals surface area contributed by atoms with Crippen LogP contribution in [-0.4, -0.2) is 31.0 Å². The fourth-order valence-electron chi connectivity index (χ4n) is 3.51. The summed E-state index contributed by atoms with van der Waals surface area (Å²) < 4.78 is 1.47. The molecular weight excluding hydrogens is 354 g/mol. The van der Waals surface area contributed by atoms with E-state index in [1.165, 1.54) is 35.2 Å². The molecule has 5 rings (SSSR count). The molecule has 6 nitrogen and oxygen atoms in total. The number of aromatic nitrogens is 4. The maximum Gasteiger partial charge on any atom is 0.275 e. The van der Waals surface area contributed by atoms with Crippen LogP contribution in [0.5, 0.6) is 0 Å². The molecule has 3 aromatic rings. The van der Waals surface area contributed by atoms with Crippen LogP contribution in [-0.2, 0) is 6.54 Å². The number of thiazole rings is 1. The molecule has 8 heteroatoms. The SMILES string of the molecule is O=c1cc(CN2CCCC[C@H]2c2nccs2)nc2sc(C3CC3)nn12. The standard InChI is InChI=1S/C17H19N5OS2/c23-14-9-12(19-17-22(14)20-15(25-17)11-4-5-11)10-21-7-2-1-3-13(21)16-18-6-8-24-16/h6,8-9,11,13H,1-5,7,10H2/t13-/m0/s1. The van der Waals surface area contributed by atoms with Crippen molar-refractivity contribution in [3.63, 3.8) is 0 Å². The van der Waals surface area contributed by atoms with Gasteiger partial charge in [-0.1, -0.05) is 17.8 Å². The fourth-order valence-corrected chi connectivity index (χ4v) is 5.41. The third-order valence-corrected chi connectivity index (χ3v) is 6.90. The second kappa shape index (κ2) is 6.26. The molecule has 1 aliphatic carbocycles. The predicted molar refractivity (Wildman–Crippen MR) is 98.2 cm³/mol. The maximum absolute atomic E-state index is 12.4. The van der Waals surface area contributed by atoms with Gasteiger partial charge in [0.25, 0.3) is 5.56 Å². The molecule has 0 unspecified atom stereocenters. The Hall–Kier alpha value is -1.64. The van der Waals surface area contributed by atoms with Crippen molar-refractivity contribution >= 4 is 27.6 Å². The van der Waals surface area contributed by atoms with E-state index >= 15 is 0 Å². The Bertz CT molecular complexity index is 944. The Balaban J connectivity index is 1.45. The molecule has 4 heterocycles. The Morgan fingerprint density at radius 2 is 2.12 bits per heavy atom. The van der Waals surface area contributed by atoms with Gasteiger partial charge in [-0.15, -0.1) is 11.3 Å². The van der Waals surface area contributed by atoms with E-state index in [0.29, 0.717) is 18.5 Å². The van der Waals surface area contributed by atoms with Gasteiger partial charge in [0.2, 0.25) is 4.96 Å². The van der Waals surface area contributed by atoms with Crippen molar-refractivity contribution in [2.24, 2.45) is 0 Å². The lowest BCUT2D eigenvalue weighted by Gasteiger charge is -2.34. The van der Waals surface area contributed by atoms with Crippen molar-refractivity contribution in [3.8, 4) is 0 Å². The highest BCUT2D eigenvalue weighted by atomic mass is 32.1. The van der Waals surface area contributed by atoms with Crippen molar-refractivity contribution in [2.45, 2.75) is 50.6 Å². The van der Waals surface area contributed by atoms with Gasteiger partial charge >= 0.3 is 0 Å². The summed E-state index contributed by atoms with van der Waals surface area (Å²) in [5, 5.41) is 8.72. The first-order valence-corrected chi connectivity index (χ1v) is 10.5. The van der Waals surface area contributed by atoms with Crippen molar-refractivity contribution in [1.29, 1.82) is 0 Å². The molecule has 130 valence electrons. The van der Waals surface area contributed by atoms with Crippen LogP contribution in [0.15, 0.2) is 22.4 Å². The summed E-state index contributed by atoms with van der Waals surface area (Å²) in [7, 11) is 0. The van der Waals surface area contributed by atoms with Gasteiger partial charge < -0.3 is 0 Å². The molecule has 0 radical (unpaired) electrons. The average molecular weight is 374 g/mol. The summed E-state index contributed by atoms with van der Waals surface area (Å²) >= 11 is 3.28. The van der Waals surface area contributed by atoms with Crippen LogP contribution in [0.2, 0.25) is 0 Å². The van der Waals surface area contributed by atoms with Crippen molar-refractivity contribution < 1.29 is 0 Å². The molecule has 25 heavy (non-hydrogen) atoms. The van der Waals surface area contributed by atoms with Crippen LogP contribution in [0.25, 0.3) is 4.96 Å². The monoisotopic (exact) mass is 373 g/mol. The summed E-state index contributed by atoms with van der Waals surface area (Å²) in [5.41, 5.74) is 0.783. The smallest absolute Gasteiger partial charge is 0.275 e. The summed E-state index contributed by atoms with van der Waals surface area (Å²) in [6.45, 7) is 1.73.